The van der Waals surface area contributed by atoms with E-state index in [1.807, 2.05) is 13.8 Å². The molecule has 2 atom stereocenters. The largest absolute Gasteiger partial charge is 0.481 e. The van der Waals surface area contributed by atoms with E-state index in [0.29, 0.717) is 12.5 Å². The van der Waals surface area contributed by atoms with E-state index in [1.54, 1.807) is 0 Å². The van der Waals surface area contributed by atoms with Gasteiger partial charge in [0.05, 0.1) is 17.8 Å². The van der Waals surface area contributed by atoms with Gasteiger partial charge in [0, 0.05) is 12.8 Å². The van der Waals surface area contributed by atoms with Crippen molar-refractivity contribution < 1.29 is 24.2 Å². The average molecular weight is 677 g/mol. The molecule has 0 aliphatic heterocycles. The number of carbonyl (C=O) groups excluding carboxylic acids is 1. The summed E-state index contributed by atoms with van der Waals surface area (Å²) < 4.78 is 12.8. The van der Waals surface area contributed by atoms with Crippen LogP contribution in [0.15, 0.2) is 24.3 Å². The summed E-state index contributed by atoms with van der Waals surface area (Å²) in [4.78, 5) is 23.8. The second kappa shape index (κ2) is 30.4. The highest BCUT2D eigenvalue weighted by molar-refractivity contribution is 5.86. The number of carboxylic acids is 1. The predicted molar refractivity (Wildman–Crippen MR) is 206 cm³/mol. The quantitative estimate of drug-likeness (QED) is 0.0542. The van der Waals surface area contributed by atoms with Crippen molar-refractivity contribution in [2.45, 2.75) is 239 Å². The molecule has 0 aromatic rings. The molecular formula is C43H80O5. The summed E-state index contributed by atoms with van der Waals surface area (Å²) in [5.74, 6) is -0.461. The summed E-state index contributed by atoms with van der Waals surface area (Å²) in [5.41, 5.74) is -0.831. The molecule has 5 heteroatoms. The monoisotopic (exact) mass is 677 g/mol. The number of aliphatic carboxylic acids is 1. The van der Waals surface area contributed by atoms with Crippen molar-refractivity contribution in [1.29, 1.82) is 0 Å². The third kappa shape index (κ3) is 30.6. The van der Waals surface area contributed by atoms with Crippen molar-refractivity contribution in [3.63, 3.8) is 0 Å². The minimum atomic E-state index is -0.741. The molecule has 0 saturated carbocycles. The van der Waals surface area contributed by atoms with Gasteiger partial charge in [0.15, 0.2) is 5.78 Å². The lowest BCUT2D eigenvalue weighted by molar-refractivity contribution is -0.148. The van der Waals surface area contributed by atoms with Gasteiger partial charge in [-0.15, -0.1) is 0 Å². The van der Waals surface area contributed by atoms with Crippen molar-refractivity contribution >= 4 is 11.8 Å². The van der Waals surface area contributed by atoms with E-state index in [0.717, 1.165) is 89.9 Å². The Bertz CT molecular complexity index is 822. The number of carboxylic acid groups (broad SMARTS) is 1. The second-order valence-electron chi connectivity index (χ2n) is 15.6. The molecular weight excluding hydrogens is 596 g/mol. The summed E-state index contributed by atoms with van der Waals surface area (Å²) in [6.07, 6.45) is 37.5. The van der Waals surface area contributed by atoms with E-state index in [-0.39, 0.29) is 23.9 Å². The van der Waals surface area contributed by atoms with E-state index >= 15 is 0 Å². The fraction of sp³-hybridized carbons (Fsp3) is 0.860. The minimum Gasteiger partial charge on any atom is -0.481 e. The topological polar surface area (TPSA) is 72.8 Å². The Morgan fingerprint density at radius 2 is 0.958 bits per heavy atom. The number of hydrogen-bond acceptors (Lipinski definition) is 4. The number of ether oxygens (including phenoxy) is 2. The first-order chi connectivity index (χ1) is 22.9. The maximum absolute atomic E-state index is 13.2. The standard InChI is InChI=1S/C43H80O5/c1-8-10-12-26-32-38(47-42(3,4)5)33-28-22-18-14-16-20-24-30-36-40(44)43(6,7)48-39(34-27-13-11-9-2)35-29-23-19-15-17-21-25-31-37-41(45)46/h22-23,28-29,38-39H,8-21,24-27,30-37H2,1-7H3,(H,45,46)/b28-22-,29-23-. The van der Waals surface area contributed by atoms with Gasteiger partial charge in [0.2, 0.25) is 0 Å². The van der Waals surface area contributed by atoms with Gasteiger partial charge in [-0.1, -0.05) is 128 Å². The Labute approximate surface area is 298 Å². The van der Waals surface area contributed by atoms with Gasteiger partial charge >= 0.3 is 5.97 Å². The van der Waals surface area contributed by atoms with Crippen LogP contribution in [0.1, 0.15) is 215 Å². The number of Topliss-reactive ketones (excluding diaryl/α,β-unsaturated/α-hetero) is 1. The molecule has 48 heavy (non-hydrogen) atoms. The summed E-state index contributed by atoms with van der Waals surface area (Å²) in [5, 5.41) is 8.75. The SMILES string of the molecule is CCCCCCC(C/C=C\CCCCCCCC(=O)C(C)(C)OC(C/C=C\CCCCCCCC(=O)O)CCCCCC)OC(C)(C)C. The van der Waals surface area contributed by atoms with Crippen LogP contribution < -0.4 is 0 Å². The lowest BCUT2D eigenvalue weighted by Crippen LogP contribution is -2.38. The Kier molecular flexibility index (Phi) is 29.4. The van der Waals surface area contributed by atoms with Crippen LogP contribution in [-0.4, -0.2) is 40.3 Å². The number of hydrogen-bond donors (Lipinski definition) is 1. The fourth-order valence-corrected chi connectivity index (χ4v) is 6.21. The van der Waals surface area contributed by atoms with Crippen molar-refractivity contribution in [2.24, 2.45) is 0 Å². The Hall–Kier alpha value is -1.46. The van der Waals surface area contributed by atoms with Gasteiger partial charge in [-0.3, -0.25) is 9.59 Å². The van der Waals surface area contributed by atoms with E-state index in [1.165, 1.54) is 64.2 Å². The van der Waals surface area contributed by atoms with Crippen LogP contribution in [0.4, 0.5) is 0 Å². The van der Waals surface area contributed by atoms with E-state index in [4.69, 9.17) is 14.6 Å². The van der Waals surface area contributed by atoms with E-state index in [2.05, 4.69) is 58.9 Å². The summed E-state index contributed by atoms with van der Waals surface area (Å²) in [7, 11) is 0. The van der Waals surface area contributed by atoms with Crippen LogP contribution in [0.5, 0.6) is 0 Å². The van der Waals surface area contributed by atoms with Crippen LogP contribution in [0, 0.1) is 0 Å². The first kappa shape index (κ1) is 46.5. The van der Waals surface area contributed by atoms with Gasteiger partial charge in [-0.05, 0) is 98.8 Å². The summed E-state index contributed by atoms with van der Waals surface area (Å²) in [6.45, 7) is 14.9. The van der Waals surface area contributed by atoms with Crippen LogP contribution in [0.25, 0.3) is 0 Å². The van der Waals surface area contributed by atoms with Crippen molar-refractivity contribution in [3.8, 4) is 0 Å². The third-order valence-electron chi connectivity index (χ3n) is 9.08. The van der Waals surface area contributed by atoms with Crippen molar-refractivity contribution in [2.75, 3.05) is 0 Å². The first-order valence-electron chi connectivity index (χ1n) is 20.3. The molecule has 0 amide bonds. The molecule has 0 rings (SSSR count). The summed E-state index contributed by atoms with van der Waals surface area (Å²) >= 11 is 0. The molecule has 2 unspecified atom stereocenters. The summed E-state index contributed by atoms with van der Waals surface area (Å²) in [6, 6.07) is 0. The molecule has 0 aliphatic carbocycles. The zero-order valence-electron chi connectivity index (χ0n) is 32.9. The molecule has 0 fully saturated rings. The zero-order chi connectivity index (χ0) is 35.9. The number of unbranched alkanes of at least 4 members (excludes halogenated alkanes) is 16. The Morgan fingerprint density at radius 1 is 0.542 bits per heavy atom. The number of carbonyl (C=O) groups is 2. The van der Waals surface area contributed by atoms with Crippen molar-refractivity contribution in [1.82, 2.24) is 0 Å². The second-order valence-corrected chi connectivity index (χ2v) is 15.6. The maximum Gasteiger partial charge on any atom is 0.303 e. The molecule has 1 N–H and O–H groups in total. The van der Waals surface area contributed by atoms with Crippen LogP contribution in [-0.2, 0) is 19.1 Å². The lowest BCUT2D eigenvalue weighted by atomic mass is 9.96. The van der Waals surface area contributed by atoms with Gasteiger partial charge in [0.25, 0.3) is 0 Å². The van der Waals surface area contributed by atoms with Gasteiger partial charge < -0.3 is 14.6 Å². The minimum absolute atomic E-state index is 0.0810. The zero-order valence-corrected chi connectivity index (χ0v) is 32.9. The van der Waals surface area contributed by atoms with Crippen molar-refractivity contribution in [3.05, 3.63) is 24.3 Å². The lowest BCUT2D eigenvalue weighted by Gasteiger charge is -2.29. The molecule has 282 valence electrons. The fourth-order valence-electron chi connectivity index (χ4n) is 6.21. The number of ketones is 1. The maximum atomic E-state index is 13.2. The highest BCUT2D eigenvalue weighted by atomic mass is 16.5. The normalized spacial score (nSPS) is 13.9. The molecule has 0 aromatic heterocycles. The predicted octanol–water partition coefficient (Wildman–Crippen LogP) is 13.3. The van der Waals surface area contributed by atoms with Crippen LogP contribution in [0.2, 0.25) is 0 Å². The number of rotatable bonds is 34. The molecule has 5 nitrogen and oxygen atoms in total. The van der Waals surface area contributed by atoms with Crippen LogP contribution in [0.3, 0.4) is 0 Å². The van der Waals surface area contributed by atoms with Gasteiger partial charge in [-0.25, -0.2) is 0 Å². The molecule has 0 spiro atoms. The van der Waals surface area contributed by atoms with E-state index < -0.39 is 11.6 Å². The van der Waals surface area contributed by atoms with Gasteiger partial charge in [0.1, 0.15) is 5.60 Å². The Balaban J connectivity index is 4.39. The highest BCUT2D eigenvalue weighted by Crippen LogP contribution is 2.24. The van der Waals surface area contributed by atoms with Gasteiger partial charge in [-0.2, -0.15) is 0 Å². The third-order valence-corrected chi connectivity index (χ3v) is 9.08. The van der Waals surface area contributed by atoms with E-state index in [9.17, 15) is 9.59 Å². The molecule has 0 heterocycles. The highest BCUT2D eigenvalue weighted by Gasteiger charge is 2.30. The number of allylic oxidation sites excluding steroid dienone is 2. The molecule has 0 saturated heterocycles. The van der Waals surface area contributed by atoms with Crippen LogP contribution >= 0.6 is 0 Å². The smallest absolute Gasteiger partial charge is 0.303 e. The Morgan fingerprint density at radius 3 is 1.42 bits per heavy atom. The molecule has 0 aromatic carbocycles. The molecule has 0 bridgehead atoms. The molecule has 0 radical (unpaired) electrons. The first-order valence-corrected chi connectivity index (χ1v) is 20.3. The molecule has 0 aliphatic rings. The average Bonchev–Trinajstić information content (AvgIpc) is 3.01.